The number of ketones is 1. The van der Waals surface area contributed by atoms with E-state index in [2.05, 4.69) is 0 Å². The van der Waals surface area contributed by atoms with Crippen LogP contribution in [0.5, 0.6) is 0 Å². The van der Waals surface area contributed by atoms with E-state index in [1.807, 2.05) is 5.32 Å². The molecule has 0 heterocycles. The molecule has 1 unspecified atom stereocenters. The lowest BCUT2D eigenvalue weighted by Crippen LogP contribution is -2.30. The lowest BCUT2D eigenvalue weighted by Gasteiger charge is -2.07. The van der Waals surface area contributed by atoms with Crippen molar-refractivity contribution in [2.75, 3.05) is 0 Å². The Hall–Kier alpha value is -1.20. The predicted octanol–water partition coefficient (Wildman–Crippen LogP) is 2.11. The topological polar surface area (TPSA) is 46.2 Å². The highest BCUT2D eigenvalue weighted by Crippen LogP contribution is 2.21. The standard InChI is InChI=1S/C9H5Cl2F2NO2/c10-7-5(12)1-4(2-6(7)13)8(16)9(11)14-3-15/h1-3,9H,(H,14,15). The van der Waals surface area contributed by atoms with Gasteiger partial charge in [0, 0.05) is 5.56 Å². The van der Waals surface area contributed by atoms with Gasteiger partial charge >= 0.3 is 0 Å². The Morgan fingerprint density at radius 2 is 1.88 bits per heavy atom. The number of carbonyl (C=O) groups is 2. The van der Waals surface area contributed by atoms with Crippen LogP contribution in [0.15, 0.2) is 12.1 Å². The minimum atomic E-state index is -1.38. The molecule has 1 rings (SSSR count). The summed E-state index contributed by atoms with van der Waals surface area (Å²) < 4.78 is 26.0. The minimum Gasteiger partial charge on any atom is -0.336 e. The molecule has 7 heteroatoms. The SMILES string of the molecule is O=CNC(Cl)C(=O)c1cc(F)c(Cl)c(F)c1. The number of rotatable bonds is 4. The number of Topliss-reactive ketones (excluding diaryl/α,β-unsaturated/α-hetero) is 1. The molecule has 0 aliphatic rings. The highest BCUT2D eigenvalue weighted by molar-refractivity contribution is 6.34. The molecule has 0 bridgehead atoms. The molecule has 0 radical (unpaired) electrons. The van der Waals surface area contributed by atoms with Gasteiger partial charge in [0.15, 0.2) is 5.50 Å². The highest BCUT2D eigenvalue weighted by Gasteiger charge is 2.19. The quantitative estimate of drug-likeness (QED) is 0.299. The number of alkyl halides is 1. The van der Waals surface area contributed by atoms with E-state index >= 15 is 0 Å². The second kappa shape index (κ2) is 5.23. The summed E-state index contributed by atoms with van der Waals surface area (Å²) in [7, 11) is 0. The fraction of sp³-hybridized carbons (Fsp3) is 0.111. The molecule has 1 N–H and O–H groups in total. The summed E-state index contributed by atoms with van der Waals surface area (Å²) in [5.41, 5.74) is -1.69. The smallest absolute Gasteiger partial charge is 0.208 e. The molecular formula is C9H5Cl2F2NO2. The van der Waals surface area contributed by atoms with E-state index < -0.39 is 27.9 Å². The molecule has 1 atom stereocenters. The Labute approximate surface area is 99.3 Å². The fourth-order valence-electron chi connectivity index (χ4n) is 0.980. The first-order valence-electron chi connectivity index (χ1n) is 4.00. The molecule has 1 amide bonds. The third-order valence-corrected chi connectivity index (χ3v) is 2.40. The van der Waals surface area contributed by atoms with Crippen molar-refractivity contribution in [1.29, 1.82) is 0 Å². The number of hydrogen-bond donors (Lipinski definition) is 1. The second-order valence-corrected chi connectivity index (χ2v) is 3.58. The lowest BCUT2D eigenvalue weighted by molar-refractivity contribution is -0.109. The van der Waals surface area contributed by atoms with Gasteiger partial charge in [0.2, 0.25) is 12.2 Å². The molecule has 1 aromatic rings. The molecule has 0 fully saturated rings. The highest BCUT2D eigenvalue weighted by atomic mass is 35.5. The van der Waals surface area contributed by atoms with E-state index in [-0.39, 0.29) is 12.0 Å². The van der Waals surface area contributed by atoms with Crippen LogP contribution in [0.25, 0.3) is 0 Å². The van der Waals surface area contributed by atoms with Gasteiger partial charge in [-0.2, -0.15) is 0 Å². The zero-order chi connectivity index (χ0) is 12.3. The zero-order valence-corrected chi connectivity index (χ0v) is 9.15. The first kappa shape index (κ1) is 12.9. The summed E-state index contributed by atoms with van der Waals surface area (Å²) in [6, 6.07) is 1.49. The summed E-state index contributed by atoms with van der Waals surface area (Å²) in [6.07, 6.45) is 0.207. The van der Waals surface area contributed by atoms with Gasteiger partial charge in [-0.05, 0) is 12.1 Å². The average Bonchev–Trinajstić information content (AvgIpc) is 2.24. The second-order valence-electron chi connectivity index (χ2n) is 2.77. The van der Waals surface area contributed by atoms with Crippen LogP contribution < -0.4 is 5.32 Å². The number of nitrogens with one attached hydrogen (secondary N) is 1. The molecular weight excluding hydrogens is 263 g/mol. The maximum absolute atomic E-state index is 13.0. The van der Waals surface area contributed by atoms with Crippen molar-refractivity contribution in [3.8, 4) is 0 Å². The van der Waals surface area contributed by atoms with E-state index in [1.165, 1.54) is 0 Å². The summed E-state index contributed by atoms with van der Waals surface area (Å²) in [6.45, 7) is 0. The van der Waals surface area contributed by atoms with Crippen molar-refractivity contribution < 1.29 is 18.4 Å². The molecule has 0 spiro atoms. The molecule has 0 saturated carbocycles. The van der Waals surface area contributed by atoms with Crippen molar-refractivity contribution in [2.24, 2.45) is 0 Å². The Kier molecular flexibility index (Phi) is 4.20. The lowest BCUT2D eigenvalue weighted by atomic mass is 10.1. The van der Waals surface area contributed by atoms with Crippen molar-refractivity contribution in [1.82, 2.24) is 5.32 Å². The van der Waals surface area contributed by atoms with Crippen molar-refractivity contribution in [3.05, 3.63) is 34.4 Å². The summed E-state index contributed by atoms with van der Waals surface area (Å²) >= 11 is 10.7. The van der Waals surface area contributed by atoms with Gasteiger partial charge in [0.05, 0.1) is 0 Å². The number of halogens is 4. The third kappa shape index (κ3) is 2.68. The van der Waals surface area contributed by atoms with Crippen molar-refractivity contribution in [2.45, 2.75) is 5.50 Å². The van der Waals surface area contributed by atoms with Gasteiger partial charge in [-0.1, -0.05) is 23.2 Å². The molecule has 0 aliphatic carbocycles. The Balaban J connectivity index is 3.05. The summed E-state index contributed by atoms with van der Waals surface area (Å²) in [5, 5.41) is 1.25. The fourth-order valence-corrected chi connectivity index (χ4v) is 1.27. The maximum Gasteiger partial charge on any atom is 0.208 e. The first-order valence-corrected chi connectivity index (χ1v) is 4.81. The third-order valence-electron chi connectivity index (χ3n) is 1.71. The van der Waals surface area contributed by atoms with Gasteiger partial charge < -0.3 is 5.32 Å². The van der Waals surface area contributed by atoms with Crippen LogP contribution in [0.2, 0.25) is 5.02 Å². The largest absolute Gasteiger partial charge is 0.336 e. The number of carbonyl (C=O) groups excluding carboxylic acids is 2. The van der Waals surface area contributed by atoms with Crippen LogP contribution in [0, 0.1) is 11.6 Å². The van der Waals surface area contributed by atoms with E-state index in [4.69, 9.17) is 23.2 Å². The van der Waals surface area contributed by atoms with Crippen LogP contribution in [0.3, 0.4) is 0 Å². The van der Waals surface area contributed by atoms with Gasteiger partial charge in [-0.25, -0.2) is 8.78 Å². The summed E-state index contributed by atoms with van der Waals surface area (Å²) in [5.74, 6) is -2.97. The minimum absolute atomic E-state index is 0.207. The zero-order valence-electron chi connectivity index (χ0n) is 7.64. The van der Waals surface area contributed by atoms with Crippen LogP contribution >= 0.6 is 23.2 Å². The number of benzene rings is 1. The van der Waals surface area contributed by atoms with E-state index in [0.717, 1.165) is 12.1 Å². The number of amides is 1. The van der Waals surface area contributed by atoms with E-state index in [9.17, 15) is 18.4 Å². The molecule has 0 aliphatic heterocycles. The molecule has 0 aromatic heterocycles. The molecule has 1 aromatic carbocycles. The maximum atomic E-state index is 13.0. The normalized spacial score (nSPS) is 12.0. The Morgan fingerprint density at radius 3 is 2.31 bits per heavy atom. The Bertz CT molecular complexity index is 417. The van der Waals surface area contributed by atoms with Crippen LogP contribution in [-0.4, -0.2) is 17.7 Å². The molecule has 16 heavy (non-hydrogen) atoms. The van der Waals surface area contributed by atoms with Gasteiger partial charge in [-0.15, -0.1) is 0 Å². The van der Waals surface area contributed by atoms with Crippen LogP contribution in [0.1, 0.15) is 10.4 Å². The molecule has 86 valence electrons. The van der Waals surface area contributed by atoms with Crippen molar-refractivity contribution in [3.63, 3.8) is 0 Å². The molecule has 0 saturated heterocycles. The monoisotopic (exact) mass is 267 g/mol. The van der Waals surface area contributed by atoms with Crippen molar-refractivity contribution >= 4 is 35.4 Å². The summed E-state index contributed by atoms with van der Waals surface area (Å²) in [4.78, 5) is 21.4. The van der Waals surface area contributed by atoms with Gasteiger partial charge in [0.1, 0.15) is 16.7 Å². The Morgan fingerprint density at radius 1 is 1.38 bits per heavy atom. The van der Waals surface area contributed by atoms with Crippen LogP contribution in [0.4, 0.5) is 8.78 Å². The average molecular weight is 268 g/mol. The predicted molar refractivity (Wildman–Crippen MR) is 54.5 cm³/mol. The van der Waals surface area contributed by atoms with Gasteiger partial charge in [-0.3, -0.25) is 9.59 Å². The molecule has 3 nitrogen and oxygen atoms in total. The van der Waals surface area contributed by atoms with Crippen LogP contribution in [-0.2, 0) is 4.79 Å². The van der Waals surface area contributed by atoms with E-state index in [1.54, 1.807) is 0 Å². The van der Waals surface area contributed by atoms with E-state index in [0.29, 0.717) is 0 Å². The number of hydrogen-bond acceptors (Lipinski definition) is 2. The van der Waals surface area contributed by atoms with Gasteiger partial charge in [0.25, 0.3) is 0 Å². The first-order chi connectivity index (χ1) is 7.47.